The predicted molar refractivity (Wildman–Crippen MR) is 100 cm³/mol. The lowest BCUT2D eigenvalue weighted by atomic mass is 9.90. The topological polar surface area (TPSA) is 68.1 Å². The molecule has 0 atom stereocenters. The Kier molecular flexibility index (Phi) is 5.87. The van der Waals surface area contributed by atoms with E-state index < -0.39 is 11.6 Å². The van der Waals surface area contributed by atoms with Gasteiger partial charge in [0, 0.05) is 11.4 Å². The van der Waals surface area contributed by atoms with Crippen LogP contribution in [0, 0.1) is 0 Å². The molecule has 0 saturated heterocycles. The van der Waals surface area contributed by atoms with E-state index in [2.05, 4.69) is 5.16 Å². The van der Waals surface area contributed by atoms with E-state index >= 15 is 0 Å². The van der Waals surface area contributed by atoms with Crippen LogP contribution in [0.15, 0.2) is 40.8 Å². The van der Waals surface area contributed by atoms with Gasteiger partial charge in [0.15, 0.2) is 0 Å². The van der Waals surface area contributed by atoms with Gasteiger partial charge >= 0.3 is 5.97 Å². The standard InChI is InChI=1S/C20H24ClNO4/c1-2-6-16(22-25-13-14-7-5-8-15(21)11-14)18-17(23)12-20(26-19(18)24)9-3-4-10-20/h5,7-8,11,23H,2-4,6,9-10,12-13H2,1H3/b22-16+. The fraction of sp³-hybridized carbons (Fsp3) is 0.500. The highest BCUT2D eigenvalue weighted by molar-refractivity contribution is 6.30. The van der Waals surface area contributed by atoms with Gasteiger partial charge in [0.25, 0.3) is 0 Å². The zero-order chi connectivity index (χ0) is 18.6. The Balaban J connectivity index is 1.76. The van der Waals surface area contributed by atoms with Gasteiger partial charge in [-0.25, -0.2) is 4.79 Å². The summed E-state index contributed by atoms with van der Waals surface area (Å²) in [5, 5.41) is 15.3. The van der Waals surface area contributed by atoms with Crippen molar-refractivity contribution in [2.24, 2.45) is 5.16 Å². The number of oxime groups is 1. The molecule has 0 amide bonds. The smallest absolute Gasteiger partial charge is 0.344 e. The summed E-state index contributed by atoms with van der Waals surface area (Å²) in [6, 6.07) is 7.31. The number of carbonyl (C=O) groups is 1. The van der Waals surface area contributed by atoms with Gasteiger partial charge in [0.1, 0.15) is 23.5 Å². The summed E-state index contributed by atoms with van der Waals surface area (Å²) in [5.74, 6) is -0.420. The molecule has 0 bridgehead atoms. The molecule has 1 aliphatic heterocycles. The number of aliphatic hydroxyl groups excluding tert-OH is 1. The lowest BCUT2D eigenvalue weighted by Gasteiger charge is -2.33. The number of carbonyl (C=O) groups excluding carboxylic acids is 1. The first-order chi connectivity index (χ1) is 12.5. The molecular weight excluding hydrogens is 354 g/mol. The average Bonchev–Trinajstić information content (AvgIpc) is 3.01. The minimum absolute atomic E-state index is 0.0710. The molecule has 0 radical (unpaired) electrons. The van der Waals surface area contributed by atoms with Gasteiger partial charge in [-0.15, -0.1) is 0 Å². The quantitative estimate of drug-likeness (QED) is 0.426. The second-order valence-corrected chi connectivity index (χ2v) is 7.41. The van der Waals surface area contributed by atoms with Gasteiger partial charge < -0.3 is 14.7 Å². The molecule has 1 spiro atoms. The van der Waals surface area contributed by atoms with Crippen LogP contribution >= 0.6 is 11.6 Å². The monoisotopic (exact) mass is 377 g/mol. The lowest BCUT2D eigenvalue weighted by molar-refractivity contribution is -0.157. The number of benzene rings is 1. The van der Waals surface area contributed by atoms with Crippen molar-refractivity contribution in [1.29, 1.82) is 0 Å². The Morgan fingerprint density at radius 3 is 2.81 bits per heavy atom. The summed E-state index contributed by atoms with van der Waals surface area (Å²) in [6.45, 7) is 2.22. The number of aliphatic hydroxyl groups is 1. The SMILES string of the molecule is CCC/C(=N\OCc1cccc(Cl)c1)C1=C(O)CC2(CCCC2)OC1=O. The number of nitrogens with zero attached hydrogens (tertiary/aromatic N) is 1. The number of esters is 1. The molecule has 1 aliphatic carbocycles. The van der Waals surface area contributed by atoms with Crippen LogP contribution in [-0.4, -0.2) is 22.4 Å². The molecule has 3 rings (SSSR count). The van der Waals surface area contributed by atoms with E-state index in [1.54, 1.807) is 12.1 Å². The fourth-order valence-corrected chi connectivity index (χ4v) is 3.86. The summed E-state index contributed by atoms with van der Waals surface area (Å²) in [6.07, 6.45) is 5.32. The van der Waals surface area contributed by atoms with E-state index in [1.807, 2.05) is 19.1 Å². The molecule has 0 unspecified atom stereocenters. The van der Waals surface area contributed by atoms with Crippen molar-refractivity contribution in [3.05, 3.63) is 46.2 Å². The third kappa shape index (κ3) is 4.21. The van der Waals surface area contributed by atoms with Crippen molar-refractivity contribution in [3.8, 4) is 0 Å². The second kappa shape index (κ2) is 8.12. The van der Waals surface area contributed by atoms with E-state index in [-0.39, 0.29) is 17.9 Å². The molecule has 1 heterocycles. The average molecular weight is 378 g/mol. The minimum Gasteiger partial charge on any atom is -0.511 e. The first-order valence-electron chi connectivity index (χ1n) is 9.12. The van der Waals surface area contributed by atoms with Crippen molar-refractivity contribution >= 4 is 23.3 Å². The van der Waals surface area contributed by atoms with E-state index in [0.29, 0.717) is 23.6 Å². The largest absolute Gasteiger partial charge is 0.511 e. The maximum atomic E-state index is 12.6. The number of halogens is 1. The fourth-order valence-electron chi connectivity index (χ4n) is 3.64. The highest BCUT2D eigenvalue weighted by Gasteiger charge is 2.44. The Bertz CT molecular complexity index is 735. The molecule has 140 valence electrons. The van der Waals surface area contributed by atoms with Crippen molar-refractivity contribution in [2.45, 2.75) is 64.1 Å². The molecule has 1 N–H and O–H groups in total. The van der Waals surface area contributed by atoms with Gasteiger partial charge in [0.2, 0.25) is 0 Å². The van der Waals surface area contributed by atoms with Crippen molar-refractivity contribution in [1.82, 2.24) is 0 Å². The van der Waals surface area contributed by atoms with E-state index in [1.165, 1.54) is 0 Å². The molecule has 1 saturated carbocycles. The Hall–Kier alpha value is -2.01. The first kappa shape index (κ1) is 18.8. The summed E-state index contributed by atoms with van der Waals surface area (Å²) in [7, 11) is 0. The van der Waals surface area contributed by atoms with Crippen molar-refractivity contribution < 1.29 is 19.5 Å². The maximum Gasteiger partial charge on any atom is 0.344 e. The molecule has 5 nitrogen and oxygen atoms in total. The predicted octanol–water partition coefficient (Wildman–Crippen LogP) is 5.08. The number of rotatable bonds is 6. The molecule has 1 fully saturated rings. The lowest BCUT2D eigenvalue weighted by Crippen LogP contribution is -2.39. The van der Waals surface area contributed by atoms with E-state index in [4.69, 9.17) is 21.2 Å². The number of hydrogen-bond acceptors (Lipinski definition) is 5. The summed E-state index contributed by atoms with van der Waals surface area (Å²) in [5.41, 5.74) is 0.954. The molecule has 2 aliphatic rings. The van der Waals surface area contributed by atoms with Crippen LogP contribution in [0.5, 0.6) is 0 Å². The summed E-state index contributed by atoms with van der Waals surface area (Å²) < 4.78 is 5.71. The van der Waals surface area contributed by atoms with Crippen LogP contribution in [-0.2, 0) is 21.0 Å². The Morgan fingerprint density at radius 1 is 1.38 bits per heavy atom. The molecule has 26 heavy (non-hydrogen) atoms. The number of hydrogen-bond donors (Lipinski definition) is 1. The van der Waals surface area contributed by atoms with Gasteiger partial charge in [-0.2, -0.15) is 0 Å². The normalized spacial score (nSPS) is 19.8. The van der Waals surface area contributed by atoms with Crippen LogP contribution < -0.4 is 0 Å². The Labute approximate surface area is 158 Å². The van der Waals surface area contributed by atoms with E-state index in [9.17, 15) is 9.90 Å². The zero-order valence-corrected chi connectivity index (χ0v) is 15.7. The molecule has 1 aromatic carbocycles. The van der Waals surface area contributed by atoms with Gasteiger partial charge in [-0.1, -0.05) is 42.2 Å². The summed E-state index contributed by atoms with van der Waals surface area (Å²) in [4.78, 5) is 18.0. The van der Waals surface area contributed by atoms with Gasteiger partial charge in [-0.3, -0.25) is 0 Å². The number of ether oxygens (including phenoxy) is 1. The highest BCUT2D eigenvalue weighted by Crippen LogP contribution is 2.42. The summed E-state index contributed by atoms with van der Waals surface area (Å²) >= 11 is 5.96. The third-order valence-corrected chi connectivity index (χ3v) is 5.11. The highest BCUT2D eigenvalue weighted by atomic mass is 35.5. The zero-order valence-electron chi connectivity index (χ0n) is 15.0. The maximum absolute atomic E-state index is 12.6. The van der Waals surface area contributed by atoms with Crippen LogP contribution in [0.3, 0.4) is 0 Å². The Morgan fingerprint density at radius 2 is 2.15 bits per heavy atom. The van der Waals surface area contributed by atoms with Crippen LogP contribution in [0.4, 0.5) is 0 Å². The van der Waals surface area contributed by atoms with Crippen LogP contribution in [0.2, 0.25) is 5.02 Å². The van der Waals surface area contributed by atoms with Crippen molar-refractivity contribution in [3.63, 3.8) is 0 Å². The van der Waals surface area contributed by atoms with Crippen molar-refractivity contribution in [2.75, 3.05) is 0 Å². The molecule has 0 aromatic heterocycles. The first-order valence-corrected chi connectivity index (χ1v) is 9.50. The van der Waals surface area contributed by atoms with Gasteiger partial charge in [0.05, 0.1) is 5.71 Å². The third-order valence-electron chi connectivity index (χ3n) is 4.88. The van der Waals surface area contributed by atoms with Crippen LogP contribution in [0.1, 0.15) is 57.4 Å². The molecular formula is C20H24ClNO4. The molecule has 1 aromatic rings. The second-order valence-electron chi connectivity index (χ2n) is 6.97. The van der Waals surface area contributed by atoms with Gasteiger partial charge in [-0.05, 0) is 49.8 Å². The molecule has 6 heteroatoms. The minimum atomic E-state index is -0.524. The van der Waals surface area contributed by atoms with E-state index in [0.717, 1.165) is 37.7 Å². The van der Waals surface area contributed by atoms with Crippen LogP contribution in [0.25, 0.3) is 0 Å².